The third kappa shape index (κ3) is 2.30. The van der Waals surface area contributed by atoms with Gasteiger partial charge in [0, 0.05) is 5.92 Å². The van der Waals surface area contributed by atoms with Gasteiger partial charge in [0.05, 0.1) is 38.0 Å². The molecule has 0 spiro atoms. The molecule has 1 aliphatic carbocycles. The molecular weight excluding hydrogens is 356 g/mol. The van der Waals surface area contributed by atoms with Crippen LogP contribution in [0, 0.1) is 11.8 Å². The summed E-state index contributed by atoms with van der Waals surface area (Å²) in [7, 11) is 4.64. The van der Waals surface area contributed by atoms with Gasteiger partial charge in [-0.15, -0.1) is 11.3 Å². The van der Waals surface area contributed by atoms with E-state index in [2.05, 4.69) is 0 Å². The lowest BCUT2D eigenvalue weighted by molar-refractivity contribution is -0.141. The van der Waals surface area contributed by atoms with Crippen LogP contribution in [0.4, 0.5) is 0 Å². The summed E-state index contributed by atoms with van der Waals surface area (Å²) in [6, 6.07) is 5.59. The van der Waals surface area contributed by atoms with Crippen LogP contribution in [-0.2, 0) is 9.53 Å². The molecule has 1 fully saturated rings. The number of cyclic esters (lactones) is 1. The van der Waals surface area contributed by atoms with E-state index in [9.17, 15) is 9.59 Å². The highest BCUT2D eigenvalue weighted by molar-refractivity contribution is 7.12. The van der Waals surface area contributed by atoms with Gasteiger partial charge in [-0.2, -0.15) is 0 Å². The van der Waals surface area contributed by atoms with Gasteiger partial charge in [-0.05, 0) is 34.7 Å². The van der Waals surface area contributed by atoms with Crippen molar-refractivity contribution >= 4 is 23.1 Å². The van der Waals surface area contributed by atoms with E-state index in [0.717, 1.165) is 11.1 Å². The average molecular weight is 374 g/mol. The topological polar surface area (TPSA) is 71.1 Å². The van der Waals surface area contributed by atoms with Gasteiger partial charge in [-0.1, -0.05) is 0 Å². The van der Waals surface area contributed by atoms with E-state index in [1.807, 2.05) is 23.6 Å². The summed E-state index contributed by atoms with van der Waals surface area (Å²) in [4.78, 5) is 25.9. The van der Waals surface area contributed by atoms with Gasteiger partial charge in [-0.25, -0.2) is 0 Å². The Hall–Kier alpha value is -2.54. The summed E-state index contributed by atoms with van der Waals surface area (Å²) in [6.45, 7) is 0.139. The third-order valence-electron chi connectivity index (χ3n) is 5.11. The quantitative estimate of drug-likeness (QED) is 0.767. The molecule has 7 heteroatoms. The van der Waals surface area contributed by atoms with Gasteiger partial charge in [0.2, 0.25) is 5.75 Å². The molecule has 0 unspecified atom stereocenters. The maximum absolute atomic E-state index is 12.7. The predicted molar refractivity (Wildman–Crippen MR) is 94.5 cm³/mol. The van der Waals surface area contributed by atoms with E-state index in [1.54, 1.807) is 21.3 Å². The van der Waals surface area contributed by atoms with Crippen LogP contribution >= 0.6 is 11.3 Å². The van der Waals surface area contributed by atoms with Crippen molar-refractivity contribution < 1.29 is 28.5 Å². The van der Waals surface area contributed by atoms with Gasteiger partial charge in [0.15, 0.2) is 17.3 Å². The zero-order valence-electron chi connectivity index (χ0n) is 14.6. The smallest absolute Gasteiger partial charge is 0.310 e. The monoisotopic (exact) mass is 374 g/mol. The summed E-state index contributed by atoms with van der Waals surface area (Å²) in [5, 5.41) is 1.89. The number of ketones is 1. The van der Waals surface area contributed by atoms with Crippen molar-refractivity contribution in [2.45, 2.75) is 5.92 Å². The first-order chi connectivity index (χ1) is 12.6. The molecule has 26 heavy (non-hydrogen) atoms. The Balaban J connectivity index is 1.92. The van der Waals surface area contributed by atoms with Crippen molar-refractivity contribution in [3.63, 3.8) is 0 Å². The molecule has 1 saturated heterocycles. The van der Waals surface area contributed by atoms with Gasteiger partial charge < -0.3 is 18.9 Å². The van der Waals surface area contributed by atoms with E-state index in [4.69, 9.17) is 18.9 Å². The molecule has 1 aliphatic heterocycles. The lowest BCUT2D eigenvalue weighted by Crippen LogP contribution is -2.35. The molecule has 0 amide bonds. The number of thiophene rings is 1. The van der Waals surface area contributed by atoms with E-state index < -0.39 is 11.8 Å². The molecule has 1 aromatic carbocycles. The molecule has 4 rings (SSSR count). The number of fused-ring (bicyclic) bond motifs is 2. The van der Waals surface area contributed by atoms with Crippen molar-refractivity contribution in [1.82, 2.24) is 0 Å². The zero-order chi connectivity index (χ0) is 18.4. The first kappa shape index (κ1) is 16.9. The standard InChI is InChI=1S/C19H18O6S/c1-22-12-6-9(7-13(23-2)17(12)24-3)14-10-4-5-26-18(10)16(20)11-8-25-19(21)15(11)14/h4-7,11,14-15H,8H2,1-3H3/t11-,14-,15-/m1/s1. The number of carbonyl (C=O) groups is 2. The van der Waals surface area contributed by atoms with Crippen LogP contribution in [0.3, 0.4) is 0 Å². The minimum absolute atomic E-state index is 0.00505. The molecule has 2 aliphatic rings. The second-order valence-electron chi connectivity index (χ2n) is 6.27. The second-order valence-corrected chi connectivity index (χ2v) is 7.18. The second kappa shape index (κ2) is 6.32. The zero-order valence-corrected chi connectivity index (χ0v) is 15.4. The van der Waals surface area contributed by atoms with E-state index in [0.29, 0.717) is 22.1 Å². The lowest BCUT2D eigenvalue weighted by Gasteiger charge is -2.30. The highest BCUT2D eigenvalue weighted by Gasteiger charge is 2.52. The lowest BCUT2D eigenvalue weighted by atomic mass is 9.69. The highest BCUT2D eigenvalue weighted by Crippen LogP contribution is 2.51. The molecule has 1 aromatic heterocycles. The minimum atomic E-state index is -0.535. The number of methoxy groups -OCH3 is 3. The molecule has 6 nitrogen and oxygen atoms in total. The van der Waals surface area contributed by atoms with Gasteiger partial charge in [0.25, 0.3) is 0 Å². The summed E-state index contributed by atoms with van der Waals surface area (Å²) < 4.78 is 21.5. The highest BCUT2D eigenvalue weighted by atomic mass is 32.1. The van der Waals surface area contributed by atoms with E-state index in [-0.39, 0.29) is 24.3 Å². The SMILES string of the molecule is COc1cc([C@@H]2c3ccsc3C(=O)[C@@H]3COC(=O)[C@@H]23)cc(OC)c1OC. The van der Waals surface area contributed by atoms with Gasteiger partial charge in [0.1, 0.15) is 6.61 Å². The van der Waals surface area contributed by atoms with Crippen molar-refractivity contribution in [2.24, 2.45) is 11.8 Å². The van der Waals surface area contributed by atoms with Crippen LogP contribution in [0.25, 0.3) is 0 Å². The summed E-state index contributed by atoms with van der Waals surface area (Å²) in [5.41, 5.74) is 1.69. The van der Waals surface area contributed by atoms with E-state index in [1.165, 1.54) is 11.3 Å². The predicted octanol–water partition coefficient (Wildman–Crippen LogP) is 2.89. The van der Waals surface area contributed by atoms with Crippen molar-refractivity contribution in [1.29, 1.82) is 0 Å². The maximum Gasteiger partial charge on any atom is 0.310 e. The number of rotatable bonds is 4. The molecule has 2 heterocycles. The molecule has 3 atom stereocenters. The van der Waals surface area contributed by atoms with Crippen LogP contribution in [0.5, 0.6) is 17.2 Å². The Kier molecular flexibility index (Phi) is 4.11. The maximum atomic E-state index is 12.7. The first-order valence-electron chi connectivity index (χ1n) is 8.18. The average Bonchev–Trinajstić information content (AvgIpc) is 3.29. The molecule has 2 aromatic rings. The fraction of sp³-hybridized carbons (Fsp3) is 0.368. The van der Waals surface area contributed by atoms with Crippen LogP contribution in [0.15, 0.2) is 23.6 Å². The minimum Gasteiger partial charge on any atom is -0.493 e. The van der Waals surface area contributed by atoms with Crippen LogP contribution in [-0.4, -0.2) is 39.7 Å². The molecule has 136 valence electrons. The number of carbonyl (C=O) groups excluding carboxylic acids is 2. The summed E-state index contributed by atoms with van der Waals surface area (Å²) in [5.74, 6) is -0.0973. The summed E-state index contributed by atoms with van der Waals surface area (Å²) in [6.07, 6.45) is 0. The molecule has 0 radical (unpaired) electrons. The van der Waals surface area contributed by atoms with Crippen LogP contribution < -0.4 is 14.2 Å². The molecule has 0 bridgehead atoms. The number of benzene rings is 1. The number of Topliss-reactive ketones (excluding diaryl/α,β-unsaturated/α-hetero) is 1. The van der Waals surface area contributed by atoms with Crippen molar-refractivity contribution in [3.05, 3.63) is 39.6 Å². The summed E-state index contributed by atoms with van der Waals surface area (Å²) >= 11 is 1.41. The Labute approximate surface area is 154 Å². The number of hydrogen-bond acceptors (Lipinski definition) is 7. The van der Waals surface area contributed by atoms with Gasteiger partial charge in [-0.3, -0.25) is 9.59 Å². The Bertz CT molecular complexity index is 861. The number of ether oxygens (including phenoxy) is 4. The third-order valence-corrected chi connectivity index (χ3v) is 6.05. The molecular formula is C19H18O6S. The number of esters is 1. The molecule has 0 N–H and O–H groups in total. The Morgan fingerprint density at radius 1 is 1.08 bits per heavy atom. The fourth-order valence-electron chi connectivity index (χ4n) is 3.94. The Morgan fingerprint density at radius 2 is 1.77 bits per heavy atom. The fourth-order valence-corrected chi connectivity index (χ4v) is 4.89. The number of hydrogen-bond donors (Lipinski definition) is 0. The first-order valence-corrected chi connectivity index (χ1v) is 9.06. The normalized spacial score (nSPS) is 23.9. The van der Waals surface area contributed by atoms with Crippen molar-refractivity contribution in [2.75, 3.05) is 27.9 Å². The van der Waals surface area contributed by atoms with E-state index >= 15 is 0 Å². The largest absolute Gasteiger partial charge is 0.493 e. The van der Waals surface area contributed by atoms with Crippen LogP contribution in [0.2, 0.25) is 0 Å². The molecule has 0 saturated carbocycles. The Morgan fingerprint density at radius 3 is 2.38 bits per heavy atom. The van der Waals surface area contributed by atoms with Crippen molar-refractivity contribution in [3.8, 4) is 17.2 Å². The van der Waals surface area contributed by atoms with Crippen LogP contribution in [0.1, 0.15) is 26.7 Å². The van der Waals surface area contributed by atoms with Gasteiger partial charge >= 0.3 is 5.97 Å².